The maximum absolute atomic E-state index is 5.17. The van der Waals surface area contributed by atoms with Crippen molar-refractivity contribution in [1.29, 1.82) is 0 Å². The second-order valence-electron chi connectivity index (χ2n) is 3.72. The number of hydrogen-bond donors (Lipinski definition) is 1. The van der Waals surface area contributed by atoms with E-state index in [2.05, 4.69) is 34.6 Å². The number of methoxy groups -OCH3 is 1. The second-order valence-corrected chi connectivity index (χ2v) is 3.72. The van der Waals surface area contributed by atoms with Crippen LogP contribution in [0.3, 0.4) is 0 Å². The van der Waals surface area contributed by atoms with Crippen molar-refractivity contribution in [1.82, 2.24) is 4.98 Å². The first-order valence-corrected chi connectivity index (χ1v) is 5.67. The van der Waals surface area contributed by atoms with Crippen LogP contribution in [0.15, 0.2) is 48.7 Å². The fourth-order valence-electron chi connectivity index (χ4n) is 1.67. The summed E-state index contributed by atoms with van der Waals surface area (Å²) in [7, 11) is 1.63. The van der Waals surface area contributed by atoms with Gasteiger partial charge < -0.3 is 10.1 Å². The summed E-state index contributed by atoms with van der Waals surface area (Å²) >= 11 is 0. The summed E-state index contributed by atoms with van der Waals surface area (Å²) in [6, 6.07) is 14.3. The lowest BCUT2D eigenvalue weighted by molar-refractivity contribution is 0.399. The molecule has 1 aromatic heterocycles. The van der Waals surface area contributed by atoms with E-state index in [1.807, 2.05) is 18.2 Å². The molecular formula is C14H16N2O. The normalized spacial score (nSPS) is 9.94. The Kier molecular flexibility index (Phi) is 3.97. The SMILES string of the molecule is COc1ncccc1NCCc1ccccc1. The molecule has 0 aliphatic carbocycles. The van der Waals surface area contributed by atoms with Crippen molar-refractivity contribution >= 4 is 5.69 Å². The number of benzene rings is 1. The Bertz CT molecular complexity index is 457. The lowest BCUT2D eigenvalue weighted by Crippen LogP contribution is -2.06. The first kappa shape index (κ1) is 11.5. The molecule has 1 heterocycles. The van der Waals surface area contributed by atoms with Crippen LogP contribution < -0.4 is 10.1 Å². The highest BCUT2D eigenvalue weighted by molar-refractivity contribution is 5.51. The van der Waals surface area contributed by atoms with Gasteiger partial charge in [0.25, 0.3) is 0 Å². The standard InChI is InChI=1S/C14H16N2O/c1-17-14-13(8-5-10-16-14)15-11-9-12-6-3-2-4-7-12/h2-8,10,15H,9,11H2,1H3. The Labute approximate surface area is 101 Å². The van der Waals surface area contributed by atoms with Crippen LogP contribution in [0, 0.1) is 0 Å². The van der Waals surface area contributed by atoms with Gasteiger partial charge in [-0.15, -0.1) is 0 Å². The molecule has 0 amide bonds. The van der Waals surface area contributed by atoms with Gasteiger partial charge in [-0.05, 0) is 24.1 Å². The van der Waals surface area contributed by atoms with Gasteiger partial charge in [0.2, 0.25) is 5.88 Å². The number of aromatic nitrogens is 1. The van der Waals surface area contributed by atoms with Crippen LogP contribution in [-0.4, -0.2) is 18.6 Å². The number of pyridine rings is 1. The van der Waals surface area contributed by atoms with Gasteiger partial charge in [-0.1, -0.05) is 30.3 Å². The number of ether oxygens (including phenoxy) is 1. The molecule has 0 fully saturated rings. The number of anilines is 1. The predicted octanol–water partition coefficient (Wildman–Crippen LogP) is 2.74. The summed E-state index contributed by atoms with van der Waals surface area (Å²) in [5.41, 5.74) is 2.26. The van der Waals surface area contributed by atoms with Gasteiger partial charge in [0.05, 0.1) is 12.8 Å². The van der Waals surface area contributed by atoms with E-state index in [-0.39, 0.29) is 0 Å². The highest BCUT2D eigenvalue weighted by Crippen LogP contribution is 2.19. The molecule has 0 spiro atoms. The molecule has 1 N–H and O–H groups in total. The number of hydrogen-bond acceptors (Lipinski definition) is 3. The predicted molar refractivity (Wildman–Crippen MR) is 69.4 cm³/mol. The van der Waals surface area contributed by atoms with E-state index in [1.54, 1.807) is 13.3 Å². The van der Waals surface area contributed by atoms with Crippen LogP contribution >= 0.6 is 0 Å². The lowest BCUT2D eigenvalue weighted by Gasteiger charge is -2.09. The van der Waals surface area contributed by atoms with Crippen LogP contribution in [0.1, 0.15) is 5.56 Å². The van der Waals surface area contributed by atoms with Gasteiger partial charge >= 0.3 is 0 Å². The van der Waals surface area contributed by atoms with E-state index in [9.17, 15) is 0 Å². The van der Waals surface area contributed by atoms with Crippen molar-refractivity contribution in [3.05, 3.63) is 54.2 Å². The van der Waals surface area contributed by atoms with Gasteiger partial charge in [0.1, 0.15) is 0 Å². The van der Waals surface area contributed by atoms with Crippen LogP contribution in [0.2, 0.25) is 0 Å². The summed E-state index contributed by atoms with van der Waals surface area (Å²) < 4.78 is 5.17. The fraction of sp³-hybridized carbons (Fsp3) is 0.214. The molecule has 1 aromatic carbocycles. The second kappa shape index (κ2) is 5.89. The average Bonchev–Trinajstić information content (AvgIpc) is 2.40. The molecule has 2 rings (SSSR count). The molecule has 0 bridgehead atoms. The number of nitrogens with one attached hydrogen (secondary N) is 1. The minimum Gasteiger partial charge on any atom is -0.480 e. The largest absolute Gasteiger partial charge is 0.480 e. The molecule has 3 heteroatoms. The Morgan fingerprint density at radius 1 is 1.12 bits per heavy atom. The van der Waals surface area contributed by atoms with Crippen LogP contribution in [0.5, 0.6) is 5.88 Å². The summed E-state index contributed by atoms with van der Waals surface area (Å²) in [5.74, 6) is 0.639. The van der Waals surface area contributed by atoms with Crippen LogP contribution in [0.25, 0.3) is 0 Å². The van der Waals surface area contributed by atoms with Crippen molar-refractivity contribution in [3.8, 4) is 5.88 Å². The van der Waals surface area contributed by atoms with Gasteiger partial charge in [-0.25, -0.2) is 4.98 Å². The monoisotopic (exact) mass is 228 g/mol. The van der Waals surface area contributed by atoms with Crippen molar-refractivity contribution < 1.29 is 4.74 Å². The summed E-state index contributed by atoms with van der Waals surface area (Å²) in [6.07, 6.45) is 2.71. The minimum atomic E-state index is 0.639. The zero-order valence-electron chi connectivity index (χ0n) is 9.89. The number of nitrogens with zero attached hydrogens (tertiary/aromatic N) is 1. The molecule has 0 aliphatic heterocycles. The zero-order chi connectivity index (χ0) is 11.9. The molecular weight excluding hydrogens is 212 g/mol. The van der Waals surface area contributed by atoms with E-state index in [1.165, 1.54) is 5.56 Å². The summed E-state index contributed by atoms with van der Waals surface area (Å²) in [5, 5.41) is 3.33. The molecule has 2 aromatic rings. The first-order chi connectivity index (χ1) is 8.40. The third kappa shape index (κ3) is 3.21. The average molecular weight is 228 g/mol. The molecule has 0 saturated heterocycles. The Balaban J connectivity index is 1.90. The van der Waals surface area contributed by atoms with Crippen molar-refractivity contribution in [3.63, 3.8) is 0 Å². The van der Waals surface area contributed by atoms with E-state index in [0.29, 0.717) is 5.88 Å². The molecule has 88 valence electrons. The molecule has 0 aliphatic rings. The quantitative estimate of drug-likeness (QED) is 0.854. The zero-order valence-corrected chi connectivity index (χ0v) is 9.89. The highest BCUT2D eigenvalue weighted by Gasteiger charge is 2.01. The molecule has 0 atom stereocenters. The minimum absolute atomic E-state index is 0.639. The van der Waals surface area contributed by atoms with Gasteiger partial charge in [0.15, 0.2) is 0 Å². The van der Waals surface area contributed by atoms with Crippen LogP contribution in [-0.2, 0) is 6.42 Å². The maximum Gasteiger partial charge on any atom is 0.237 e. The molecule has 0 unspecified atom stereocenters. The third-order valence-corrected chi connectivity index (χ3v) is 2.54. The molecule has 0 saturated carbocycles. The topological polar surface area (TPSA) is 34.1 Å². The smallest absolute Gasteiger partial charge is 0.237 e. The summed E-state index contributed by atoms with van der Waals surface area (Å²) in [6.45, 7) is 0.867. The molecule has 3 nitrogen and oxygen atoms in total. The Morgan fingerprint density at radius 2 is 1.94 bits per heavy atom. The fourth-order valence-corrected chi connectivity index (χ4v) is 1.67. The van der Waals surface area contributed by atoms with Gasteiger partial charge in [0, 0.05) is 12.7 Å². The first-order valence-electron chi connectivity index (χ1n) is 5.67. The molecule has 0 radical (unpaired) electrons. The van der Waals surface area contributed by atoms with Crippen molar-refractivity contribution in [2.75, 3.05) is 19.0 Å². The Hall–Kier alpha value is -2.03. The number of rotatable bonds is 5. The lowest BCUT2D eigenvalue weighted by atomic mass is 10.1. The maximum atomic E-state index is 5.17. The summed E-state index contributed by atoms with van der Waals surface area (Å²) in [4.78, 5) is 4.14. The van der Waals surface area contributed by atoms with Gasteiger partial charge in [-0.3, -0.25) is 0 Å². The van der Waals surface area contributed by atoms with E-state index in [4.69, 9.17) is 4.74 Å². The van der Waals surface area contributed by atoms with Crippen LogP contribution in [0.4, 0.5) is 5.69 Å². The third-order valence-electron chi connectivity index (χ3n) is 2.54. The Morgan fingerprint density at radius 3 is 2.71 bits per heavy atom. The molecule has 17 heavy (non-hydrogen) atoms. The highest BCUT2D eigenvalue weighted by atomic mass is 16.5. The van der Waals surface area contributed by atoms with Crippen molar-refractivity contribution in [2.24, 2.45) is 0 Å². The van der Waals surface area contributed by atoms with E-state index in [0.717, 1.165) is 18.7 Å². The van der Waals surface area contributed by atoms with E-state index >= 15 is 0 Å². The van der Waals surface area contributed by atoms with Crippen molar-refractivity contribution in [2.45, 2.75) is 6.42 Å². The van der Waals surface area contributed by atoms with Gasteiger partial charge in [-0.2, -0.15) is 0 Å². The van der Waals surface area contributed by atoms with E-state index < -0.39 is 0 Å².